The summed E-state index contributed by atoms with van der Waals surface area (Å²) in [4.78, 5) is 39.0. The van der Waals surface area contributed by atoms with Crippen LogP contribution in [0.15, 0.2) is 30.5 Å². The first-order chi connectivity index (χ1) is 14.9. The maximum absolute atomic E-state index is 12.4. The average Bonchev–Trinajstić information content (AvgIpc) is 2.80. The van der Waals surface area contributed by atoms with Gasteiger partial charge < -0.3 is 20.1 Å². The molecule has 0 unspecified atom stereocenters. The molecule has 1 fully saturated rings. The molecule has 3 rings (SSSR count). The highest BCUT2D eigenvalue weighted by Gasteiger charge is 2.27. The summed E-state index contributed by atoms with van der Waals surface area (Å²) in [5.74, 6) is 0.0603. The molecule has 0 spiro atoms. The number of hydrogen-bond acceptors (Lipinski definition) is 6. The summed E-state index contributed by atoms with van der Waals surface area (Å²) in [5.41, 5.74) is 1.00. The van der Waals surface area contributed by atoms with Gasteiger partial charge in [-0.25, -0.2) is 9.78 Å². The summed E-state index contributed by atoms with van der Waals surface area (Å²) < 4.78 is 0. The quantitative estimate of drug-likeness (QED) is 0.564. The second-order valence-corrected chi connectivity index (χ2v) is 7.73. The van der Waals surface area contributed by atoms with Crippen molar-refractivity contribution in [2.24, 2.45) is 5.92 Å². The molecule has 1 aromatic carbocycles. The van der Waals surface area contributed by atoms with Crippen molar-refractivity contribution in [3.63, 3.8) is 0 Å². The van der Waals surface area contributed by atoms with Crippen LogP contribution in [0.2, 0.25) is 15.1 Å². The molecule has 2 heterocycles. The third-order valence-corrected chi connectivity index (χ3v) is 6.02. The lowest BCUT2D eigenvalue weighted by Crippen LogP contribution is -2.44. The van der Waals surface area contributed by atoms with Crippen LogP contribution in [-0.4, -0.2) is 41.9 Å². The Labute approximate surface area is 194 Å². The Morgan fingerprint density at radius 1 is 1.13 bits per heavy atom. The minimum absolute atomic E-state index is 0.0962. The molecule has 0 radical (unpaired) electrons. The highest BCUT2D eigenvalue weighted by Crippen LogP contribution is 2.35. The molecule has 1 aliphatic heterocycles. The maximum Gasteiger partial charge on any atom is 0.325 e. The average molecular weight is 488 g/mol. The summed E-state index contributed by atoms with van der Waals surface area (Å²) in [5, 5.41) is 14.8. The smallest absolute Gasteiger partial charge is 0.325 e. The van der Waals surface area contributed by atoms with Crippen LogP contribution in [0.4, 0.5) is 16.3 Å². The van der Waals surface area contributed by atoms with Crippen molar-refractivity contribution in [2.45, 2.75) is 19.4 Å². The van der Waals surface area contributed by atoms with E-state index in [-0.39, 0.29) is 39.2 Å². The van der Waals surface area contributed by atoms with Gasteiger partial charge in [0.05, 0.1) is 27.4 Å². The van der Waals surface area contributed by atoms with Crippen LogP contribution in [-0.2, 0) is 16.2 Å². The molecule has 31 heavy (non-hydrogen) atoms. The molecule has 3 N–H and O–H groups in total. The number of amides is 3. The number of aromatic nitrogens is 1. The molecule has 1 aromatic heterocycles. The van der Waals surface area contributed by atoms with Crippen molar-refractivity contribution < 1.29 is 19.5 Å². The fraction of sp³-hybridized carbons (Fsp3) is 0.300. The van der Waals surface area contributed by atoms with Crippen LogP contribution in [0.3, 0.4) is 0 Å². The SMILES string of the molecule is C=O.O=C(NC(=O)C1CCN(c2ncccc2CO)CC1)Nc1ccc(Cl)c(Cl)c1Cl. The van der Waals surface area contributed by atoms with Gasteiger partial charge in [0, 0.05) is 30.8 Å². The van der Waals surface area contributed by atoms with Gasteiger partial charge in [-0.1, -0.05) is 40.9 Å². The van der Waals surface area contributed by atoms with E-state index in [0.717, 1.165) is 11.4 Å². The number of nitrogens with zero attached hydrogens (tertiary/aromatic N) is 2. The first-order valence-electron chi connectivity index (χ1n) is 9.24. The third-order valence-electron chi connectivity index (χ3n) is 4.72. The zero-order chi connectivity index (χ0) is 23.0. The van der Waals surface area contributed by atoms with Gasteiger partial charge >= 0.3 is 6.03 Å². The van der Waals surface area contributed by atoms with Gasteiger partial charge in [-0.3, -0.25) is 10.1 Å². The predicted molar refractivity (Wildman–Crippen MR) is 121 cm³/mol. The van der Waals surface area contributed by atoms with E-state index in [1.54, 1.807) is 12.3 Å². The Morgan fingerprint density at radius 3 is 2.45 bits per heavy atom. The lowest BCUT2D eigenvalue weighted by Gasteiger charge is -2.33. The lowest BCUT2D eigenvalue weighted by atomic mass is 9.95. The van der Waals surface area contributed by atoms with E-state index in [2.05, 4.69) is 15.6 Å². The molecule has 1 aliphatic rings. The van der Waals surface area contributed by atoms with Gasteiger partial charge in [-0.2, -0.15) is 0 Å². The zero-order valence-electron chi connectivity index (χ0n) is 16.4. The van der Waals surface area contributed by atoms with Crippen LogP contribution >= 0.6 is 34.8 Å². The third kappa shape index (κ3) is 6.30. The molecule has 11 heteroatoms. The molecule has 1 saturated heterocycles. The van der Waals surface area contributed by atoms with Crippen LogP contribution in [0.5, 0.6) is 0 Å². The summed E-state index contributed by atoms with van der Waals surface area (Å²) >= 11 is 17.9. The highest BCUT2D eigenvalue weighted by molar-refractivity contribution is 6.49. The van der Waals surface area contributed by atoms with Gasteiger partial charge in [0.2, 0.25) is 5.91 Å². The Hall–Kier alpha value is -2.39. The number of pyridine rings is 1. The van der Waals surface area contributed by atoms with Crippen LogP contribution in [0, 0.1) is 5.92 Å². The van der Waals surface area contributed by atoms with Gasteiger partial charge in [-0.05, 0) is 31.0 Å². The highest BCUT2D eigenvalue weighted by atomic mass is 35.5. The lowest BCUT2D eigenvalue weighted by molar-refractivity contribution is -0.124. The summed E-state index contributed by atoms with van der Waals surface area (Å²) in [6, 6.07) is 5.91. The largest absolute Gasteiger partial charge is 0.392 e. The summed E-state index contributed by atoms with van der Waals surface area (Å²) in [7, 11) is 0. The number of carbonyl (C=O) groups excluding carboxylic acids is 3. The first-order valence-corrected chi connectivity index (χ1v) is 10.4. The number of urea groups is 1. The van der Waals surface area contributed by atoms with Crippen molar-refractivity contribution in [3.05, 3.63) is 51.1 Å². The Bertz CT molecular complexity index is 937. The standard InChI is InChI=1S/C19H19Cl3N4O3.CH2O/c20-13-3-4-14(16(22)15(13)21)24-19(29)25-18(28)11-5-8-26(9-6-11)17-12(10-27)2-1-7-23-17;1-2/h1-4,7,11,27H,5-6,8-10H2,(H2,24,25,28,29);1H2. The number of aliphatic hydroxyl groups is 1. The topological polar surface area (TPSA) is 112 Å². The number of benzene rings is 1. The van der Waals surface area contributed by atoms with Gasteiger partial charge in [-0.15, -0.1) is 0 Å². The minimum atomic E-state index is -0.690. The number of carbonyl (C=O) groups is 3. The molecule has 0 aliphatic carbocycles. The minimum Gasteiger partial charge on any atom is -0.392 e. The number of anilines is 2. The fourth-order valence-corrected chi connectivity index (χ4v) is 3.76. The Kier molecular flexibility index (Phi) is 9.51. The van der Waals surface area contributed by atoms with Crippen molar-refractivity contribution in [1.82, 2.24) is 10.3 Å². The second kappa shape index (κ2) is 11.9. The fourth-order valence-electron chi connectivity index (χ4n) is 3.18. The molecule has 2 aromatic rings. The maximum atomic E-state index is 12.4. The van der Waals surface area contributed by atoms with Crippen LogP contribution < -0.4 is 15.5 Å². The number of hydrogen-bond donors (Lipinski definition) is 3. The van der Waals surface area contributed by atoms with Crippen molar-refractivity contribution in [2.75, 3.05) is 23.3 Å². The Balaban J connectivity index is 0.00000166. The van der Waals surface area contributed by atoms with E-state index in [0.29, 0.717) is 25.9 Å². The number of aliphatic hydroxyl groups excluding tert-OH is 1. The summed E-state index contributed by atoms with van der Waals surface area (Å²) in [6.45, 7) is 3.10. The van der Waals surface area contributed by atoms with Crippen molar-refractivity contribution in [3.8, 4) is 0 Å². The number of halogens is 3. The number of piperidine rings is 1. The number of rotatable bonds is 4. The van der Waals surface area contributed by atoms with Crippen molar-refractivity contribution >= 4 is 65.0 Å². The molecule has 166 valence electrons. The van der Waals surface area contributed by atoms with Crippen LogP contribution in [0.25, 0.3) is 0 Å². The molecular weight excluding hydrogens is 467 g/mol. The molecular formula is C20H21Cl3N4O4. The molecule has 0 bridgehead atoms. The first kappa shape index (κ1) is 24.9. The monoisotopic (exact) mass is 486 g/mol. The van der Waals surface area contributed by atoms with E-state index in [1.807, 2.05) is 17.8 Å². The Morgan fingerprint density at radius 2 is 1.81 bits per heavy atom. The van der Waals surface area contributed by atoms with Gasteiger partial charge in [0.15, 0.2) is 0 Å². The zero-order valence-corrected chi connectivity index (χ0v) is 18.7. The number of imide groups is 1. The molecule has 8 nitrogen and oxygen atoms in total. The molecule has 0 atom stereocenters. The van der Waals surface area contributed by atoms with E-state index >= 15 is 0 Å². The van der Waals surface area contributed by atoms with E-state index in [1.165, 1.54) is 12.1 Å². The second-order valence-electron chi connectivity index (χ2n) is 6.57. The molecule has 3 amide bonds. The van der Waals surface area contributed by atoms with E-state index < -0.39 is 6.03 Å². The summed E-state index contributed by atoms with van der Waals surface area (Å²) in [6.07, 6.45) is 2.80. The van der Waals surface area contributed by atoms with Crippen LogP contribution in [0.1, 0.15) is 18.4 Å². The van der Waals surface area contributed by atoms with Gasteiger partial charge in [0.1, 0.15) is 12.6 Å². The predicted octanol–water partition coefficient (Wildman–Crippen LogP) is 3.91. The van der Waals surface area contributed by atoms with E-state index in [9.17, 15) is 14.7 Å². The number of nitrogens with one attached hydrogen (secondary N) is 2. The van der Waals surface area contributed by atoms with E-state index in [4.69, 9.17) is 39.6 Å². The van der Waals surface area contributed by atoms with Gasteiger partial charge in [0.25, 0.3) is 0 Å². The normalized spacial score (nSPS) is 13.7. The van der Waals surface area contributed by atoms with Crippen molar-refractivity contribution in [1.29, 1.82) is 0 Å². The molecule has 0 saturated carbocycles.